The van der Waals surface area contributed by atoms with Gasteiger partial charge in [0.2, 0.25) is 0 Å². The van der Waals surface area contributed by atoms with Gasteiger partial charge in [-0.25, -0.2) is 14.5 Å². The number of fused-ring (bicyclic) bond motifs is 1. The maximum absolute atomic E-state index is 12.5. The molecule has 2 atom stereocenters. The highest BCUT2D eigenvalue weighted by Gasteiger charge is 2.26. The molecule has 2 unspecified atom stereocenters. The van der Waals surface area contributed by atoms with Crippen LogP contribution in [0.3, 0.4) is 0 Å². The van der Waals surface area contributed by atoms with Gasteiger partial charge in [-0.3, -0.25) is 0 Å². The van der Waals surface area contributed by atoms with Gasteiger partial charge in [0, 0.05) is 12.1 Å². The zero-order valence-electron chi connectivity index (χ0n) is 15.0. The van der Waals surface area contributed by atoms with Crippen molar-refractivity contribution in [1.82, 2.24) is 25.4 Å². The number of benzene rings is 1. The molecule has 1 aliphatic heterocycles. The largest absolute Gasteiger partial charge is 0.496 e. The van der Waals surface area contributed by atoms with Crippen molar-refractivity contribution in [3.63, 3.8) is 0 Å². The van der Waals surface area contributed by atoms with Crippen LogP contribution in [0.25, 0.3) is 0 Å². The quantitative estimate of drug-likeness (QED) is 0.875. The summed E-state index contributed by atoms with van der Waals surface area (Å²) in [5, 5.41) is 10.5. The first kappa shape index (κ1) is 17.3. The molecule has 134 valence electrons. The van der Waals surface area contributed by atoms with E-state index in [0.717, 1.165) is 48.8 Å². The van der Waals surface area contributed by atoms with Crippen LogP contribution in [0.1, 0.15) is 55.5 Å². The van der Waals surface area contributed by atoms with Gasteiger partial charge >= 0.3 is 6.03 Å². The van der Waals surface area contributed by atoms with Crippen LogP contribution in [0.15, 0.2) is 24.3 Å². The molecule has 2 aromatic rings. The van der Waals surface area contributed by atoms with Crippen LogP contribution in [0.2, 0.25) is 0 Å². The minimum absolute atomic E-state index is 0.106. The summed E-state index contributed by atoms with van der Waals surface area (Å²) in [5.41, 5.74) is 0.977. The number of rotatable bonds is 5. The first-order chi connectivity index (χ1) is 12.1. The van der Waals surface area contributed by atoms with E-state index >= 15 is 0 Å². The van der Waals surface area contributed by atoms with Gasteiger partial charge in [-0.15, -0.1) is 0 Å². The molecule has 3 rings (SSSR count). The summed E-state index contributed by atoms with van der Waals surface area (Å²) < 4.78 is 7.31. The van der Waals surface area contributed by atoms with Gasteiger partial charge in [0.05, 0.1) is 19.2 Å². The van der Waals surface area contributed by atoms with Crippen LogP contribution >= 0.6 is 0 Å². The molecule has 0 fully saturated rings. The van der Waals surface area contributed by atoms with Gasteiger partial charge in [-0.05, 0) is 32.3 Å². The van der Waals surface area contributed by atoms with E-state index < -0.39 is 0 Å². The van der Waals surface area contributed by atoms with Gasteiger partial charge in [0.15, 0.2) is 0 Å². The number of carbonyl (C=O) groups excluding carboxylic acids is 1. The summed E-state index contributed by atoms with van der Waals surface area (Å²) in [6.07, 6.45) is 2.62. The highest BCUT2D eigenvalue weighted by Crippen LogP contribution is 2.27. The highest BCUT2D eigenvalue weighted by molar-refractivity contribution is 5.75. The maximum Gasteiger partial charge on any atom is 0.315 e. The second-order valence-corrected chi connectivity index (χ2v) is 6.26. The Morgan fingerprint density at radius 2 is 2.24 bits per heavy atom. The first-order valence-corrected chi connectivity index (χ1v) is 8.73. The Hall–Kier alpha value is -2.57. The lowest BCUT2D eigenvalue weighted by Crippen LogP contribution is -2.41. The summed E-state index contributed by atoms with van der Waals surface area (Å²) in [6, 6.07) is 7.35. The smallest absolute Gasteiger partial charge is 0.315 e. The number of nitrogens with one attached hydrogen (secondary N) is 2. The average molecular weight is 343 g/mol. The standard InChI is InChI=1S/C18H25N5O2/c1-4-14(13-8-5-6-10-16(13)25-3)20-18(24)21-15-9-7-11-23-17(15)19-12(2)22-23/h5-6,8,10,14-15H,4,7,9,11H2,1-3H3,(H2,20,21,24). The molecule has 0 saturated carbocycles. The van der Waals surface area contributed by atoms with E-state index in [-0.39, 0.29) is 18.1 Å². The second-order valence-electron chi connectivity index (χ2n) is 6.26. The summed E-state index contributed by atoms with van der Waals surface area (Å²) in [6.45, 7) is 4.77. The van der Waals surface area contributed by atoms with Crippen LogP contribution in [0.4, 0.5) is 4.79 Å². The Bertz CT molecular complexity index is 743. The van der Waals surface area contributed by atoms with Crippen molar-refractivity contribution >= 4 is 6.03 Å². The third-order valence-electron chi connectivity index (χ3n) is 4.51. The number of amides is 2. The fourth-order valence-electron chi connectivity index (χ4n) is 3.32. The Balaban J connectivity index is 1.69. The Labute approximate surface area is 147 Å². The molecule has 0 aliphatic carbocycles. The third-order valence-corrected chi connectivity index (χ3v) is 4.51. The molecule has 0 saturated heterocycles. The molecular weight excluding hydrogens is 318 g/mol. The van der Waals surface area contributed by atoms with Gasteiger partial charge < -0.3 is 15.4 Å². The fraction of sp³-hybridized carbons (Fsp3) is 0.500. The van der Waals surface area contributed by atoms with Crippen LogP contribution < -0.4 is 15.4 Å². The Morgan fingerprint density at radius 3 is 3.00 bits per heavy atom. The van der Waals surface area contributed by atoms with Crippen molar-refractivity contribution in [2.75, 3.05) is 7.11 Å². The predicted molar refractivity (Wildman–Crippen MR) is 94.4 cm³/mol. The number of aromatic nitrogens is 3. The molecule has 1 aliphatic rings. The van der Waals surface area contributed by atoms with Crippen molar-refractivity contribution < 1.29 is 9.53 Å². The Kier molecular flexibility index (Phi) is 5.21. The lowest BCUT2D eigenvalue weighted by atomic mass is 10.0. The normalized spacial score (nSPS) is 17.5. The van der Waals surface area contributed by atoms with Gasteiger partial charge in [0.1, 0.15) is 17.4 Å². The van der Waals surface area contributed by atoms with E-state index in [4.69, 9.17) is 4.74 Å². The molecule has 25 heavy (non-hydrogen) atoms. The fourth-order valence-corrected chi connectivity index (χ4v) is 3.32. The lowest BCUT2D eigenvalue weighted by Gasteiger charge is -2.25. The topological polar surface area (TPSA) is 81.1 Å². The zero-order valence-corrected chi connectivity index (χ0v) is 15.0. The van der Waals surface area contributed by atoms with Crippen molar-refractivity contribution in [3.05, 3.63) is 41.5 Å². The monoisotopic (exact) mass is 343 g/mol. The molecule has 0 radical (unpaired) electrons. The third kappa shape index (κ3) is 3.75. The second kappa shape index (κ2) is 7.55. The van der Waals surface area contributed by atoms with Crippen LogP contribution in [-0.2, 0) is 6.54 Å². The number of para-hydroxylation sites is 1. The molecule has 2 amide bonds. The summed E-state index contributed by atoms with van der Waals surface area (Å²) in [7, 11) is 1.64. The molecule has 0 bridgehead atoms. The van der Waals surface area contributed by atoms with Crippen LogP contribution in [0, 0.1) is 6.92 Å². The van der Waals surface area contributed by atoms with Gasteiger partial charge in [-0.1, -0.05) is 25.1 Å². The molecule has 2 N–H and O–H groups in total. The molecule has 7 heteroatoms. The summed E-state index contributed by atoms with van der Waals surface area (Å²) >= 11 is 0. The number of carbonyl (C=O) groups is 1. The molecule has 1 aromatic carbocycles. The van der Waals surface area contributed by atoms with E-state index in [1.54, 1.807) is 7.11 Å². The Morgan fingerprint density at radius 1 is 1.44 bits per heavy atom. The van der Waals surface area contributed by atoms with E-state index in [1.165, 1.54) is 0 Å². The van der Waals surface area contributed by atoms with Gasteiger partial charge in [-0.2, -0.15) is 5.10 Å². The van der Waals surface area contributed by atoms with Crippen molar-refractivity contribution in [2.45, 2.75) is 51.7 Å². The van der Waals surface area contributed by atoms with Crippen molar-refractivity contribution in [2.24, 2.45) is 0 Å². The number of aryl methyl sites for hydroxylation is 2. The lowest BCUT2D eigenvalue weighted by molar-refractivity contribution is 0.228. The molecule has 2 heterocycles. The number of methoxy groups -OCH3 is 1. The van der Waals surface area contributed by atoms with E-state index in [2.05, 4.69) is 20.7 Å². The predicted octanol–water partition coefficient (Wildman–Crippen LogP) is 2.88. The van der Waals surface area contributed by atoms with Crippen LogP contribution in [0.5, 0.6) is 5.75 Å². The number of urea groups is 1. The van der Waals surface area contributed by atoms with Gasteiger partial charge in [0.25, 0.3) is 0 Å². The molecule has 7 nitrogen and oxygen atoms in total. The van der Waals surface area contributed by atoms with Crippen molar-refractivity contribution in [3.8, 4) is 5.75 Å². The van der Waals surface area contributed by atoms with Crippen LogP contribution in [-0.4, -0.2) is 27.9 Å². The number of nitrogens with zero attached hydrogens (tertiary/aromatic N) is 3. The maximum atomic E-state index is 12.5. The minimum atomic E-state index is -0.197. The number of hydrogen-bond donors (Lipinski definition) is 2. The van der Waals surface area contributed by atoms with E-state index in [9.17, 15) is 4.79 Å². The summed E-state index contributed by atoms with van der Waals surface area (Å²) in [5.74, 6) is 2.36. The SMILES string of the molecule is CCC(NC(=O)NC1CCCn2nc(C)nc21)c1ccccc1OC. The average Bonchev–Trinajstić information content (AvgIpc) is 3.01. The minimum Gasteiger partial charge on any atom is -0.496 e. The van der Waals surface area contributed by atoms with E-state index in [1.807, 2.05) is 42.8 Å². The number of hydrogen-bond acceptors (Lipinski definition) is 4. The zero-order chi connectivity index (χ0) is 17.8. The molecular formula is C18H25N5O2. The van der Waals surface area contributed by atoms with Crippen molar-refractivity contribution in [1.29, 1.82) is 0 Å². The molecule has 0 spiro atoms. The van der Waals surface area contributed by atoms with E-state index in [0.29, 0.717) is 0 Å². The first-order valence-electron chi connectivity index (χ1n) is 8.73. The molecule has 1 aromatic heterocycles. The summed E-state index contributed by atoms with van der Waals surface area (Å²) in [4.78, 5) is 17.0. The highest BCUT2D eigenvalue weighted by atomic mass is 16.5. The number of ether oxygens (including phenoxy) is 1.